The number of nitrogens with zero attached hydrogens (tertiary/aromatic N) is 3. The van der Waals surface area contributed by atoms with Gasteiger partial charge < -0.3 is 14.6 Å². The number of ether oxygens (including phenoxy) is 2. The van der Waals surface area contributed by atoms with Gasteiger partial charge in [0.15, 0.2) is 17.2 Å². The molecule has 2 aromatic heterocycles. The maximum Gasteiger partial charge on any atom is 0.356 e. The van der Waals surface area contributed by atoms with Gasteiger partial charge in [-0.15, -0.1) is 11.3 Å². The zero-order valence-electron chi connectivity index (χ0n) is 14.3. The summed E-state index contributed by atoms with van der Waals surface area (Å²) in [4.78, 5) is 23.6. The average Bonchev–Trinajstić information content (AvgIpc) is 3.14. The highest BCUT2D eigenvalue weighted by Crippen LogP contribution is 2.35. The van der Waals surface area contributed by atoms with E-state index in [1.54, 1.807) is 0 Å². The second-order valence-corrected chi connectivity index (χ2v) is 6.02. The Balaban J connectivity index is 1.93. The summed E-state index contributed by atoms with van der Waals surface area (Å²) in [6.07, 6.45) is 2.70. The molecule has 0 aliphatic carbocycles. The molecule has 0 atom stereocenters. The van der Waals surface area contributed by atoms with Crippen molar-refractivity contribution in [3.8, 4) is 33.5 Å². The third kappa shape index (κ3) is 3.80. The Labute approximate surface area is 154 Å². The number of hydrogen-bond donors (Lipinski definition) is 1. The predicted octanol–water partition coefficient (Wildman–Crippen LogP) is 3.76. The summed E-state index contributed by atoms with van der Waals surface area (Å²) in [6.45, 7) is 4.92. The van der Waals surface area contributed by atoms with Gasteiger partial charge in [0.25, 0.3) is 0 Å². The summed E-state index contributed by atoms with van der Waals surface area (Å²) >= 11 is 1.44. The first-order chi connectivity index (χ1) is 12.6. The van der Waals surface area contributed by atoms with Crippen molar-refractivity contribution in [2.24, 2.45) is 0 Å². The van der Waals surface area contributed by atoms with E-state index < -0.39 is 5.97 Å². The molecule has 26 heavy (non-hydrogen) atoms. The maximum absolute atomic E-state index is 11.0. The number of rotatable bonds is 7. The number of benzene rings is 1. The van der Waals surface area contributed by atoms with Crippen LogP contribution in [0.4, 0.5) is 0 Å². The molecule has 0 saturated carbocycles. The number of carboxylic acids is 1. The molecular weight excluding hydrogens is 354 g/mol. The Hall–Kier alpha value is -3.00. The van der Waals surface area contributed by atoms with Crippen molar-refractivity contribution in [1.29, 1.82) is 0 Å². The zero-order chi connectivity index (χ0) is 18.5. The molecule has 0 spiro atoms. The van der Waals surface area contributed by atoms with Crippen molar-refractivity contribution in [2.75, 3.05) is 13.2 Å². The average molecular weight is 371 g/mol. The normalized spacial score (nSPS) is 10.5. The summed E-state index contributed by atoms with van der Waals surface area (Å²) in [7, 11) is 0. The van der Waals surface area contributed by atoms with E-state index in [1.807, 2.05) is 37.4 Å². The Morgan fingerprint density at radius 2 is 1.85 bits per heavy atom. The lowest BCUT2D eigenvalue weighted by Crippen LogP contribution is -2.02. The standard InChI is InChI=1S/C18H17N3O4S/c1-3-24-15-6-5-11(7-16(15)25-4-2)17-21-14(10-26-17)12-8-19-9-13(20-12)18(22)23/h5-10H,3-4H2,1-2H3,(H,22,23). The van der Waals surface area contributed by atoms with Crippen LogP contribution in [0.25, 0.3) is 22.0 Å². The second-order valence-electron chi connectivity index (χ2n) is 5.16. The van der Waals surface area contributed by atoms with Crippen molar-refractivity contribution in [2.45, 2.75) is 13.8 Å². The molecule has 0 radical (unpaired) electrons. The Morgan fingerprint density at radius 1 is 1.08 bits per heavy atom. The number of aromatic carboxylic acids is 1. The van der Waals surface area contributed by atoms with Gasteiger partial charge >= 0.3 is 5.97 Å². The monoisotopic (exact) mass is 371 g/mol. The van der Waals surface area contributed by atoms with E-state index >= 15 is 0 Å². The SMILES string of the molecule is CCOc1ccc(-c2nc(-c3cncc(C(=O)O)n3)cs2)cc1OCC. The Kier molecular flexibility index (Phi) is 5.43. The van der Waals surface area contributed by atoms with E-state index in [1.165, 1.54) is 23.7 Å². The van der Waals surface area contributed by atoms with Gasteiger partial charge in [0, 0.05) is 10.9 Å². The van der Waals surface area contributed by atoms with Crippen LogP contribution in [-0.2, 0) is 0 Å². The molecule has 0 saturated heterocycles. The number of carbonyl (C=O) groups is 1. The van der Waals surface area contributed by atoms with Crippen LogP contribution in [0.15, 0.2) is 36.0 Å². The van der Waals surface area contributed by atoms with Gasteiger partial charge in [-0.2, -0.15) is 0 Å². The van der Waals surface area contributed by atoms with Crippen LogP contribution in [0.2, 0.25) is 0 Å². The lowest BCUT2D eigenvalue weighted by atomic mass is 10.2. The minimum Gasteiger partial charge on any atom is -0.490 e. The number of hydrogen-bond acceptors (Lipinski definition) is 7. The molecule has 2 heterocycles. The van der Waals surface area contributed by atoms with Gasteiger partial charge in [-0.3, -0.25) is 4.98 Å². The van der Waals surface area contributed by atoms with Crippen molar-refractivity contribution in [3.63, 3.8) is 0 Å². The highest BCUT2D eigenvalue weighted by atomic mass is 32.1. The third-order valence-corrected chi connectivity index (χ3v) is 4.30. The second kappa shape index (κ2) is 7.92. The first kappa shape index (κ1) is 17.8. The molecule has 0 unspecified atom stereocenters. The highest BCUT2D eigenvalue weighted by Gasteiger charge is 2.13. The molecule has 1 aromatic carbocycles. The van der Waals surface area contributed by atoms with Crippen LogP contribution >= 0.6 is 11.3 Å². The summed E-state index contributed by atoms with van der Waals surface area (Å²) < 4.78 is 11.2. The van der Waals surface area contributed by atoms with Gasteiger partial charge in [-0.25, -0.2) is 14.8 Å². The minimum absolute atomic E-state index is 0.114. The van der Waals surface area contributed by atoms with Crippen LogP contribution in [0.1, 0.15) is 24.3 Å². The lowest BCUT2D eigenvalue weighted by molar-refractivity contribution is 0.0690. The van der Waals surface area contributed by atoms with E-state index in [9.17, 15) is 4.79 Å². The minimum atomic E-state index is -1.12. The fourth-order valence-electron chi connectivity index (χ4n) is 2.30. The Bertz CT molecular complexity index is 926. The molecule has 3 aromatic rings. The van der Waals surface area contributed by atoms with Gasteiger partial charge in [0.05, 0.1) is 25.6 Å². The molecule has 0 fully saturated rings. The topological polar surface area (TPSA) is 94.4 Å². The van der Waals surface area contributed by atoms with Gasteiger partial charge in [0.2, 0.25) is 0 Å². The summed E-state index contributed by atoms with van der Waals surface area (Å²) in [5, 5.41) is 11.6. The molecule has 0 bridgehead atoms. The smallest absolute Gasteiger partial charge is 0.356 e. The fourth-order valence-corrected chi connectivity index (χ4v) is 3.11. The van der Waals surface area contributed by atoms with Crippen LogP contribution in [-0.4, -0.2) is 39.2 Å². The van der Waals surface area contributed by atoms with Crippen molar-refractivity contribution >= 4 is 17.3 Å². The predicted molar refractivity (Wildman–Crippen MR) is 97.9 cm³/mol. The van der Waals surface area contributed by atoms with Crippen LogP contribution in [0.3, 0.4) is 0 Å². The van der Waals surface area contributed by atoms with Crippen LogP contribution in [0.5, 0.6) is 11.5 Å². The molecular formula is C18H17N3O4S. The van der Waals surface area contributed by atoms with Crippen molar-refractivity contribution in [3.05, 3.63) is 41.7 Å². The molecule has 0 aliphatic rings. The third-order valence-electron chi connectivity index (χ3n) is 3.41. The fraction of sp³-hybridized carbons (Fsp3) is 0.222. The van der Waals surface area contributed by atoms with Crippen LogP contribution in [0, 0.1) is 0 Å². The first-order valence-electron chi connectivity index (χ1n) is 8.03. The van der Waals surface area contributed by atoms with Crippen molar-refractivity contribution < 1.29 is 19.4 Å². The highest BCUT2D eigenvalue weighted by molar-refractivity contribution is 7.13. The lowest BCUT2D eigenvalue weighted by Gasteiger charge is -2.11. The maximum atomic E-state index is 11.0. The molecule has 8 heteroatoms. The van der Waals surface area contributed by atoms with Gasteiger partial charge in [0.1, 0.15) is 16.4 Å². The number of thiazole rings is 1. The van der Waals surface area contributed by atoms with E-state index in [4.69, 9.17) is 14.6 Å². The van der Waals surface area contributed by atoms with E-state index in [-0.39, 0.29) is 5.69 Å². The summed E-state index contributed by atoms with van der Waals surface area (Å²) in [5.41, 5.74) is 1.77. The largest absolute Gasteiger partial charge is 0.490 e. The van der Waals surface area contributed by atoms with Gasteiger partial charge in [-0.1, -0.05) is 0 Å². The summed E-state index contributed by atoms with van der Waals surface area (Å²) in [5.74, 6) is 0.230. The quantitative estimate of drug-likeness (QED) is 0.675. The zero-order valence-corrected chi connectivity index (χ0v) is 15.1. The van der Waals surface area contributed by atoms with E-state index in [0.717, 1.165) is 10.6 Å². The van der Waals surface area contributed by atoms with Gasteiger partial charge in [-0.05, 0) is 32.0 Å². The molecule has 7 nitrogen and oxygen atoms in total. The molecule has 1 N–H and O–H groups in total. The molecule has 0 amide bonds. The Morgan fingerprint density at radius 3 is 2.58 bits per heavy atom. The molecule has 3 rings (SSSR count). The molecule has 134 valence electrons. The van der Waals surface area contributed by atoms with Crippen molar-refractivity contribution in [1.82, 2.24) is 15.0 Å². The number of aromatic nitrogens is 3. The van der Waals surface area contributed by atoms with E-state index in [2.05, 4.69) is 15.0 Å². The van der Waals surface area contributed by atoms with E-state index in [0.29, 0.717) is 36.1 Å². The summed E-state index contributed by atoms with van der Waals surface area (Å²) in [6, 6.07) is 5.65. The first-order valence-corrected chi connectivity index (χ1v) is 8.91. The van der Waals surface area contributed by atoms with Crippen LogP contribution < -0.4 is 9.47 Å². The number of carboxylic acid groups (broad SMARTS) is 1. The molecule has 0 aliphatic heterocycles.